The first-order valence-electron chi connectivity index (χ1n) is 7.70. The number of hydrogen-bond acceptors (Lipinski definition) is 3. The number of halogens is 4. The predicted octanol–water partition coefficient (Wildman–Crippen LogP) is 3.57. The van der Waals surface area contributed by atoms with E-state index in [1.54, 1.807) is 0 Å². The fraction of sp³-hybridized carbons (Fsp3) is 0.438. The van der Waals surface area contributed by atoms with Crippen LogP contribution >= 0.6 is 11.6 Å². The number of hydrogen-bond donors (Lipinski definition) is 3. The second-order valence-corrected chi connectivity index (χ2v) is 6.39. The maximum Gasteiger partial charge on any atom is 0.419 e. The van der Waals surface area contributed by atoms with Crippen molar-refractivity contribution in [3.63, 3.8) is 0 Å². The topological polar surface area (TPSA) is 70.6 Å². The molecular weight excluding hydrogens is 361 g/mol. The standard InChI is InChI=1S/C16H16ClF3N2O3/c17-11-7-10-12(8-13(11)25-6-5-23)21-14(24)22-15(10,16(18,19)20)4-3-9-1-2-9/h3-4,7-9,23H,1-2,5-6H2,(H2,21,22,24)/t15-/m0/s1. The van der Waals surface area contributed by atoms with E-state index in [-0.39, 0.29) is 41.2 Å². The van der Waals surface area contributed by atoms with Crippen LogP contribution in [0.25, 0.3) is 0 Å². The molecule has 25 heavy (non-hydrogen) atoms. The smallest absolute Gasteiger partial charge is 0.419 e. The summed E-state index contributed by atoms with van der Waals surface area (Å²) in [5.74, 6) is 0.177. The number of aliphatic hydroxyl groups is 1. The van der Waals surface area contributed by atoms with Crippen LogP contribution in [0, 0.1) is 5.92 Å². The van der Waals surface area contributed by atoms with Crippen LogP contribution in [0.1, 0.15) is 18.4 Å². The first-order valence-corrected chi connectivity index (χ1v) is 8.07. The third-order valence-corrected chi connectivity index (χ3v) is 4.39. The molecule has 1 atom stereocenters. The Morgan fingerprint density at radius 3 is 2.72 bits per heavy atom. The van der Waals surface area contributed by atoms with Crippen molar-refractivity contribution in [2.75, 3.05) is 18.5 Å². The molecule has 0 unspecified atom stereocenters. The summed E-state index contributed by atoms with van der Waals surface area (Å²) in [6.45, 7) is -0.353. The first kappa shape index (κ1) is 17.9. The quantitative estimate of drug-likeness (QED) is 0.688. The van der Waals surface area contributed by atoms with Crippen LogP contribution in [-0.4, -0.2) is 30.5 Å². The summed E-state index contributed by atoms with van der Waals surface area (Å²) >= 11 is 6.05. The summed E-state index contributed by atoms with van der Waals surface area (Å²) in [6, 6.07) is 1.39. The molecule has 9 heteroatoms. The minimum atomic E-state index is -4.76. The average molecular weight is 377 g/mol. The normalized spacial score (nSPS) is 23.2. The summed E-state index contributed by atoms with van der Waals surface area (Å²) in [5.41, 5.74) is -2.91. The van der Waals surface area contributed by atoms with Gasteiger partial charge in [0.15, 0.2) is 5.54 Å². The van der Waals surface area contributed by atoms with E-state index in [2.05, 4.69) is 5.32 Å². The second kappa shape index (κ2) is 6.42. The van der Waals surface area contributed by atoms with Crippen LogP contribution in [0.5, 0.6) is 5.75 Å². The Balaban J connectivity index is 2.12. The van der Waals surface area contributed by atoms with Crippen molar-refractivity contribution in [2.45, 2.75) is 24.6 Å². The van der Waals surface area contributed by atoms with Crippen LogP contribution in [-0.2, 0) is 5.54 Å². The molecule has 1 aliphatic carbocycles. The number of alkyl halides is 3. The van der Waals surface area contributed by atoms with Crippen LogP contribution in [0.15, 0.2) is 24.3 Å². The Hall–Kier alpha value is -1.93. The molecule has 3 N–H and O–H groups in total. The SMILES string of the molecule is O=C1Nc2cc(OCCO)c(Cl)cc2[C@@](C=CC2CC2)(C(F)(F)F)N1. The van der Waals surface area contributed by atoms with E-state index >= 15 is 0 Å². The fourth-order valence-electron chi connectivity index (χ4n) is 2.67. The van der Waals surface area contributed by atoms with E-state index in [0.29, 0.717) is 0 Å². The number of rotatable bonds is 5. The van der Waals surface area contributed by atoms with Crippen molar-refractivity contribution in [3.8, 4) is 5.75 Å². The van der Waals surface area contributed by atoms with Gasteiger partial charge in [-0.2, -0.15) is 13.2 Å². The largest absolute Gasteiger partial charge is 0.490 e. The van der Waals surface area contributed by atoms with Gasteiger partial charge in [0.2, 0.25) is 0 Å². The van der Waals surface area contributed by atoms with Crippen LogP contribution in [0.3, 0.4) is 0 Å². The Kier molecular flexibility index (Phi) is 4.59. The van der Waals surface area contributed by atoms with Crippen molar-refractivity contribution >= 4 is 23.3 Å². The van der Waals surface area contributed by atoms with Gasteiger partial charge in [-0.1, -0.05) is 17.7 Å². The van der Waals surface area contributed by atoms with Gasteiger partial charge in [0, 0.05) is 11.6 Å². The van der Waals surface area contributed by atoms with E-state index in [1.807, 2.05) is 5.32 Å². The number of aliphatic hydroxyl groups excluding tert-OH is 1. The van der Waals surface area contributed by atoms with Gasteiger partial charge in [0.25, 0.3) is 0 Å². The molecule has 0 saturated heterocycles. The van der Waals surface area contributed by atoms with Crippen molar-refractivity contribution in [2.24, 2.45) is 5.92 Å². The number of nitrogens with one attached hydrogen (secondary N) is 2. The molecule has 0 bridgehead atoms. The van der Waals surface area contributed by atoms with Gasteiger partial charge >= 0.3 is 12.2 Å². The number of ether oxygens (including phenoxy) is 1. The number of carbonyl (C=O) groups excluding carboxylic acids is 1. The molecule has 0 radical (unpaired) electrons. The zero-order valence-corrected chi connectivity index (χ0v) is 13.7. The molecule has 1 heterocycles. The zero-order valence-electron chi connectivity index (χ0n) is 13.0. The summed E-state index contributed by atoms with van der Waals surface area (Å²) in [7, 11) is 0. The van der Waals surface area contributed by atoms with E-state index in [0.717, 1.165) is 25.0 Å². The van der Waals surface area contributed by atoms with E-state index < -0.39 is 17.7 Å². The van der Waals surface area contributed by atoms with Crippen LogP contribution in [0.2, 0.25) is 5.02 Å². The monoisotopic (exact) mass is 376 g/mol. The number of amides is 2. The van der Waals surface area contributed by atoms with Gasteiger partial charge in [-0.15, -0.1) is 0 Å². The van der Waals surface area contributed by atoms with Crippen molar-refractivity contribution in [1.29, 1.82) is 0 Å². The molecule has 136 valence electrons. The van der Waals surface area contributed by atoms with Crippen LogP contribution in [0.4, 0.5) is 23.7 Å². The molecule has 1 aliphatic heterocycles. The molecule has 2 aliphatic rings. The second-order valence-electron chi connectivity index (χ2n) is 5.98. The summed E-state index contributed by atoms with van der Waals surface area (Å²) in [6.07, 6.45) is -0.627. The number of benzene rings is 1. The Bertz CT molecular complexity index is 719. The maximum absolute atomic E-state index is 14.0. The number of allylic oxidation sites excluding steroid dienone is 1. The lowest BCUT2D eigenvalue weighted by Crippen LogP contribution is -2.58. The number of anilines is 1. The Labute approximate surface area is 146 Å². The third-order valence-electron chi connectivity index (χ3n) is 4.09. The lowest BCUT2D eigenvalue weighted by atomic mass is 9.85. The van der Waals surface area contributed by atoms with Gasteiger partial charge in [-0.25, -0.2) is 4.79 Å². The van der Waals surface area contributed by atoms with E-state index in [4.69, 9.17) is 21.4 Å². The van der Waals surface area contributed by atoms with Gasteiger partial charge in [-0.05, 0) is 30.9 Å². The molecule has 1 aromatic carbocycles. The van der Waals surface area contributed by atoms with Crippen molar-refractivity contribution in [1.82, 2.24) is 5.32 Å². The molecule has 1 fully saturated rings. The highest BCUT2D eigenvalue weighted by Gasteiger charge is 2.58. The zero-order chi connectivity index (χ0) is 18.2. The molecule has 0 aromatic heterocycles. The van der Waals surface area contributed by atoms with Crippen molar-refractivity contribution in [3.05, 3.63) is 34.9 Å². The highest BCUT2D eigenvalue weighted by atomic mass is 35.5. The highest BCUT2D eigenvalue weighted by molar-refractivity contribution is 6.32. The molecule has 1 aromatic rings. The van der Waals surface area contributed by atoms with E-state index in [9.17, 15) is 18.0 Å². The van der Waals surface area contributed by atoms with Crippen molar-refractivity contribution < 1.29 is 27.8 Å². The average Bonchev–Trinajstić information content (AvgIpc) is 3.34. The van der Waals surface area contributed by atoms with Crippen LogP contribution < -0.4 is 15.4 Å². The number of urea groups is 1. The van der Waals surface area contributed by atoms with Gasteiger partial charge in [0.1, 0.15) is 12.4 Å². The first-order chi connectivity index (χ1) is 11.8. The summed E-state index contributed by atoms with van der Waals surface area (Å²) < 4.78 is 47.1. The molecule has 5 nitrogen and oxygen atoms in total. The molecule has 1 saturated carbocycles. The Morgan fingerprint density at radius 1 is 1.40 bits per heavy atom. The maximum atomic E-state index is 14.0. The molecular formula is C16H16ClF3N2O3. The summed E-state index contributed by atoms with van der Waals surface area (Å²) in [4.78, 5) is 11.9. The molecule has 2 amide bonds. The lowest BCUT2D eigenvalue weighted by Gasteiger charge is -2.39. The molecule has 3 rings (SSSR count). The van der Waals surface area contributed by atoms with E-state index in [1.165, 1.54) is 12.1 Å². The predicted molar refractivity (Wildman–Crippen MR) is 85.8 cm³/mol. The number of carbonyl (C=O) groups is 1. The van der Waals surface area contributed by atoms with Gasteiger partial charge in [-0.3, -0.25) is 0 Å². The Morgan fingerprint density at radius 2 is 2.12 bits per heavy atom. The summed E-state index contributed by atoms with van der Waals surface area (Å²) in [5, 5.41) is 13.1. The fourth-order valence-corrected chi connectivity index (χ4v) is 2.89. The highest BCUT2D eigenvalue weighted by Crippen LogP contribution is 2.48. The van der Waals surface area contributed by atoms with Gasteiger partial charge < -0.3 is 20.5 Å². The minimum Gasteiger partial charge on any atom is -0.490 e. The molecule has 0 spiro atoms. The number of fused-ring (bicyclic) bond motifs is 1. The lowest BCUT2D eigenvalue weighted by molar-refractivity contribution is -0.181. The minimum absolute atomic E-state index is 0.0427. The van der Waals surface area contributed by atoms with Gasteiger partial charge in [0.05, 0.1) is 17.3 Å². The third kappa shape index (κ3) is 3.41.